The molecule has 1 aromatic rings. The van der Waals surface area contributed by atoms with E-state index in [0.717, 1.165) is 0 Å². The Hall–Kier alpha value is -1.75. The number of aliphatic hydroxyl groups excluding tert-OH is 1. The third-order valence-electron chi connectivity index (χ3n) is 2.56. The highest BCUT2D eigenvalue weighted by Crippen LogP contribution is 2.30. The smallest absolute Gasteiger partial charge is 0.315 e. The molecule has 1 rings (SSSR count). The molecule has 0 saturated heterocycles. The second kappa shape index (κ2) is 6.86. The fourth-order valence-corrected chi connectivity index (χ4v) is 1.63. The van der Waals surface area contributed by atoms with Crippen molar-refractivity contribution in [3.8, 4) is 11.5 Å². The largest absolute Gasteiger partial charge is 0.493 e. The molecule has 0 heterocycles. The number of carbonyl (C=O) groups is 1. The fourth-order valence-electron chi connectivity index (χ4n) is 1.63. The molecule has 18 heavy (non-hydrogen) atoms. The van der Waals surface area contributed by atoms with Gasteiger partial charge in [0.25, 0.3) is 0 Å². The molecule has 0 aliphatic carbocycles. The Morgan fingerprint density at radius 3 is 2.44 bits per heavy atom. The van der Waals surface area contributed by atoms with Crippen LogP contribution in [0.15, 0.2) is 18.2 Å². The summed E-state index contributed by atoms with van der Waals surface area (Å²) < 4.78 is 15.2. The highest BCUT2D eigenvalue weighted by Gasteiger charge is 2.22. The molecular formula is C13H18O5. The summed E-state index contributed by atoms with van der Waals surface area (Å²) in [6.07, 6.45) is 0. The van der Waals surface area contributed by atoms with Gasteiger partial charge in [-0.25, -0.2) is 0 Å². The Morgan fingerprint density at radius 2 is 1.94 bits per heavy atom. The molecule has 0 saturated carbocycles. The summed E-state index contributed by atoms with van der Waals surface area (Å²) in [5.41, 5.74) is 0.633. The van der Waals surface area contributed by atoms with Crippen LogP contribution in [0.2, 0.25) is 0 Å². The van der Waals surface area contributed by atoms with Crippen LogP contribution in [0.4, 0.5) is 0 Å². The third kappa shape index (κ3) is 3.13. The van der Waals surface area contributed by atoms with Crippen molar-refractivity contribution in [3.63, 3.8) is 0 Å². The van der Waals surface area contributed by atoms with E-state index in [-0.39, 0.29) is 13.2 Å². The molecule has 0 aliphatic heterocycles. The van der Waals surface area contributed by atoms with Crippen molar-refractivity contribution in [1.82, 2.24) is 0 Å². The number of ether oxygens (including phenoxy) is 3. The minimum absolute atomic E-state index is 0.280. The summed E-state index contributed by atoms with van der Waals surface area (Å²) in [4.78, 5) is 11.7. The zero-order chi connectivity index (χ0) is 13.5. The Balaban J connectivity index is 3.03. The molecule has 1 aromatic carbocycles. The van der Waals surface area contributed by atoms with E-state index in [1.807, 2.05) is 0 Å². The summed E-state index contributed by atoms with van der Waals surface area (Å²) in [6.45, 7) is 1.69. The normalized spacial score (nSPS) is 11.8. The zero-order valence-electron chi connectivity index (χ0n) is 10.8. The number of methoxy groups -OCH3 is 2. The van der Waals surface area contributed by atoms with E-state index >= 15 is 0 Å². The number of hydrogen-bond donors (Lipinski definition) is 1. The van der Waals surface area contributed by atoms with Gasteiger partial charge in [0.15, 0.2) is 11.5 Å². The van der Waals surface area contributed by atoms with Crippen LogP contribution in [-0.4, -0.2) is 38.5 Å². The maximum absolute atomic E-state index is 11.7. The van der Waals surface area contributed by atoms with Gasteiger partial charge in [0.2, 0.25) is 0 Å². The SMILES string of the molecule is CCOC(=O)C(CO)c1ccc(OC)c(OC)c1. The van der Waals surface area contributed by atoms with E-state index in [0.29, 0.717) is 17.1 Å². The Bertz CT molecular complexity index is 402. The number of rotatable bonds is 6. The number of carbonyl (C=O) groups excluding carboxylic acids is 1. The lowest BCUT2D eigenvalue weighted by atomic mass is 9.99. The number of aliphatic hydroxyl groups is 1. The van der Waals surface area contributed by atoms with Gasteiger partial charge in [0.05, 0.1) is 27.4 Å². The van der Waals surface area contributed by atoms with Crippen LogP contribution in [0.3, 0.4) is 0 Å². The minimum atomic E-state index is -0.704. The average molecular weight is 254 g/mol. The molecule has 1 unspecified atom stereocenters. The van der Waals surface area contributed by atoms with E-state index in [9.17, 15) is 9.90 Å². The first-order valence-corrected chi connectivity index (χ1v) is 5.67. The first-order valence-electron chi connectivity index (χ1n) is 5.67. The molecule has 1 atom stereocenters. The Kier molecular flexibility index (Phi) is 5.45. The molecule has 0 bridgehead atoms. The van der Waals surface area contributed by atoms with Crippen LogP contribution in [-0.2, 0) is 9.53 Å². The molecule has 1 N–H and O–H groups in total. The molecule has 0 aliphatic rings. The maximum Gasteiger partial charge on any atom is 0.315 e. The first kappa shape index (κ1) is 14.3. The predicted molar refractivity (Wildman–Crippen MR) is 66.0 cm³/mol. The van der Waals surface area contributed by atoms with Crippen LogP contribution >= 0.6 is 0 Å². The molecule has 0 aromatic heterocycles. The van der Waals surface area contributed by atoms with Gasteiger partial charge in [-0.3, -0.25) is 4.79 Å². The first-order chi connectivity index (χ1) is 8.67. The Labute approximate surface area is 106 Å². The number of esters is 1. The van der Waals surface area contributed by atoms with E-state index in [1.54, 1.807) is 25.1 Å². The minimum Gasteiger partial charge on any atom is -0.493 e. The number of hydrogen-bond acceptors (Lipinski definition) is 5. The Morgan fingerprint density at radius 1 is 1.28 bits per heavy atom. The van der Waals surface area contributed by atoms with Crippen molar-refractivity contribution in [2.24, 2.45) is 0 Å². The molecule has 0 fully saturated rings. The molecular weight excluding hydrogens is 236 g/mol. The average Bonchev–Trinajstić information content (AvgIpc) is 2.39. The van der Waals surface area contributed by atoms with Gasteiger partial charge in [0, 0.05) is 0 Å². The summed E-state index contributed by atoms with van der Waals surface area (Å²) in [5.74, 6) is -0.0727. The fraction of sp³-hybridized carbons (Fsp3) is 0.462. The van der Waals surface area contributed by atoms with Gasteiger partial charge in [0.1, 0.15) is 5.92 Å². The van der Waals surface area contributed by atoms with Crippen molar-refractivity contribution < 1.29 is 24.1 Å². The van der Waals surface area contributed by atoms with E-state index < -0.39 is 11.9 Å². The van der Waals surface area contributed by atoms with Crippen LogP contribution in [0.1, 0.15) is 18.4 Å². The highest BCUT2D eigenvalue weighted by atomic mass is 16.5. The standard InChI is InChI=1S/C13H18O5/c1-4-18-13(15)10(8-14)9-5-6-11(16-2)12(7-9)17-3/h5-7,10,14H,4,8H2,1-3H3. The van der Waals surface area contributed by atoms with E-state index in [2.05, 4.69) is 0 Å². The quantitative estimate of drug-likeness (QED) is 0.776. The predicted octanol–water partition coefficient (Wildman–Crippen LogP) is 1.34. The van der Waals surface area contributed by atoms with Crippen LogP contribution < -0.4 is 9.47 Å². The monoisotopic (exact) mass is 254 g/mol. The van der Waals surface area contributed by atoms with Crippen molar-refractivity contribution >= 4 is 5.97 Å². The third-order valence-corrected chi connectivity index (χ3v) is 2.56. The zero-order valence-corrected chi connectivity index (χ0v) is 10.8. The van der Waals surface area contributed by atoms with Gasteiger partial charge < -0.3 is 19.3 Å². The molecule has 5 nitrogen and oxygen atoms in total. The van der Waals surface area contributed by atoms with Crippen LogP contribution in [0.5, 0.6) is 11.5 Å². The molecule has 5 heteroatoms. The molecule has 0 radical (unpaired) electrons. The van der Waals surface area contributed by atoms with E-state index in [1.165, 1.54) is 14.2 Å². The van der Waals surface area contributed by atoms with Crippen molar-refractivity contribution in [2.45, 2.75) is 12.8 Å². The van der Waals surface area contributed by atoms with Gasteiger partial charge in [-0.05, 0) is 24.6 Å². The topological polar surface area (TPSA) is 65.0 Å². The van der Waals surface area contributed by atoms with E-state index in [4.69, 9.17) is 14.2 Å². The lowest BCUT2D eigenvalue weighted by Crippen LogP contribution is -2.19. The van der Waals surface area contributed by atoms with Gasteiger partial charge in [-0.1, -0.05) is 6.07 Å². The summed E-state index contributed by atoms with van der Waals surface area (Å²) >= 11 is 0. The van der Waals surface area contributed by atoms with Gasteiger partial charge >= 0.3 is 5.97 Å². The van der Waals surface area contributed by atoms with Crippen molar-refractivity contribution in [1.29, 1.82) is 0 Å². The second-order valence-corrected chi connectivity index (χ2v) is 3.60. The molecule has 0 amide bonds. The number of benzene rings is 1. The highest BCUT2D eigenvalue weighted by molar-refractivity contribution is 5.78. The van der Waals surface area contributed by atoms with Crippen LogP contribution in [0, 0.1) is 0 Å². The maximum atomic E-state index is 11.7. The van der Waals surface area contributed by atoms with Crippen molar-refractivity contribution in [2.75, 3.05) is 27.4 Å². The molecule has 0 spiro atoms. The lowest BCUT2D eigenvalue weighted by Gasteiger charge is -2.15. The summed E-state index contributed by atoms with van der Waals surface area (Å²) in [6, 6.07) is 5.06. The summed E-state index contributed by atoms with van der Waals surface area (Å²) in [7, 11) is 3.05. The molecule has 100 valence electrons. The van der Waals surface area contributed by atoms with Crippen LogP contribution in [0.25, 0.3) is 0 Å². The van der Waals surface area contributed by atoms with Gasteiger partial charge in [-0.15, -0.1) is 0 Å². The second-order valence-electron chi connectivity index (χ2n) is 3.60. The van der Waals surface area contributed by atoms with Gasteiger partial charge in [-0.2, -0.15) is 0 Å². The van der Waals surface area contributed by atoms with Crippen molar-refractivity contribution in [3.05, 3.63) is 23.8 Å². The lowest BCUT2D eigenvalue weighted by molar-refractivity contribution is -0.145. The summed E-state index contributed by atoms with van der Waals surface area (Å²) in [5, 5.41) is 9.29.